The second kappa shape index (κ2) is 5.65. The fourth-order valence-electron chi connectivity index (χ4n) is 1.07. The molecule has 1 rings (SSSR count). The third-order valence-electron chi connectivity index (χ3n) is 1.77. The summed E-state index contributed by atoms with van der Waals surface area (Å²) in [5, 5.41) is 0. The summed E-state index contributed by atoms with van der Waals surface area (Å²) in [5.74, 6) is 0.756. The number of hydrogen-bond donors (Lipinski definition) is 0. The van der Waals surface area contributed by atoms with Gasteiger partial charge in [0.2, 0.25) is 0 Å². The van der Waals surface area contributed by atoms with E-state index < -0.39 is 0 Å². The largest absolute Gasteiger partial charge is 0.565 e. The van der Waals surface area contributed by atoms with Crippen molar-refractivity contribution in [1.82, 2.24) is 0 Å². The number of hydrogen-bond acceptors (Lipinski definition) is 3. The maximum atomic E-state index is 5.03. The molecule has 14 heavy (non-hydrogen) atoms. The van der Waals surface area contributed by atoms with Crippen LogP contribution < -0.4 is 9.31 Å². The van der Waals surface area contributed by atoms with Gasteiger partial charge in [-0.2, -0.15) is 0 Å². The van der Waals surface area contributed by atoms with Crippen molar-refractivity contribution in [3.63, 3.8) is 0 Å². The van der Waals surface area contributed by atoms with Crippen LogP contribution in [0.1, 0.15) is 5.56 Å². The molecule has 0 bridgehead atoms. The molecule has 0 amide bonds. The van der Waals surface area contributed by atoms with Crippen molar-refractivity contribution < 1.29 is 14.0 Å². The zero-order chi connectivity index (χ0) is 10.4. The Morgan fingerprint density at radius 1 is 1.00 bits per heavy atom. The van der Waals surface area contributed by atoms with Gasteiger partial charge in [-0.25, -0.2) is 0 Å². The molecule has 0 saturated carbocycles. The monoisotopic (exact) mass is 184 g/mol. The van der Waals surface area contributed by atoms with E-state index in [-0.39, 0.29) is 0 Å². The van der Waals surface area contributed by atoms with Crippen LogP contribution in [0.2, 0.25) is 0 Å². The molecule has 0 aliphatic carbocycles. The Morgan fingerprint density at radius 3 is 2.29 bits per heavy atom. The van der Waals surface area contributed by atoms with Crippen LogP contribution in [0.4, 0.5) is 0 Å². The minimum Gasteiger partial charge on any atom is -0.565 e. The van der Waals surface area contributed by atoms with Crippen molar-refractivity contribution in [3.8, 4) is 11.5 Å². The first-order chi connectivity index (χ1) is 6.81. The normalized spacial score (nSPS) is 9.71. The van der Waals surface area contributed by atoms with E-state index >= 15 is 0 Å². The van der Waals surface area contributed by atoms with Gasteiger partial charge in [-0.1, -0.05) is 6.07 Å². The molecule has 66 valence electrons. The molecule has 6 radical (unpaired) electrons. The van der Waals surface area contributed by atoms with Crippen LogP contribution in [-0.2, 0) is 11.1 Å². The van der Waals surface area contributed by atoms with E-state index in [1.165, 1.54) is 0 Å². The third-order valence-corrected chi connectivity index (χ3v) is 1.77. The minimum absolute atomic E-state index is 0.377. The topological polar surface area (TPSA) is 27.7 Å². The average Bonchev–Trinajstić information content (AvgIpc) is 2.25. The maximum absolute atomic E-state index is 5.03. The first-order valence-corrected chi connectivity index (χ1v) is 4.00. The van der Waals surface area contributed by atoms with Gasteiger partial charge in [0.25, 0.3) is 8.05 Å². The smallest absolute Gasteiger partial charge is 0.374 e. The van der Waals surface area contributed by atoms with Gasteiger partial charge in [0.15, 0.2) is 0 Å². The lowest BCUT2D eigenvalue weighted by molar-refractivity contribution is 0.354. The van der Waals surface area contributed by atoms with E-state index in [0.29, 0.717) is 24.5 Å². The van der Waals surface area contributed by atoms with Crippen LogP contribution >= 0.6 is 0 Å². The van der Waals surface area contributed by atoms with Gasteiger partial charge in [-0.05, 0) is 24.1 Å². The summed E-state index contributed by atoms with van der Waals surface area (Å²) in [7, 11) is 14.9. The van der Waals surface area contributed by atoms with Crippen molar-refractivity contribution >= 4 is 24.1 Å². The van der Waals surface area contributed by atoms with Gasteiger partial charge in [-0.15, -0.1) is 0 Å². The summed E-state index contributed by atoms with van der Waals surface area (Å²) in [4.78, 5) is 0. The van der Waals surface area contributed by atoms with E-state index in [9.17, 15) is 0 Å². The van der Waals surface area contributed by atoms with Crippen LogP contribution in [-0.4, -0.2) is 30.8 Å². The van der Waals surface area contributed by atoms with Crippen molar-refractivity contribution in [2.45, 2.75) is 6.42 Å². The molecule has 1 aromatic carbocycles. The third kappa shape index (κ3) is 2.74. The highest BCUT2D eigenvalue weighted by Crippen LogP contribution is 2.27. The zero-order valence-electron chi connectivity index (χ0n) is 7.60. The highest BCUT2D eigenvalue weighted by Gasteiger charge is 2.02. The van der Waals surface area contributed by atoms with Crippen LogP contribution in [0.25, 0.3) is 0 Å². The Hall–Kier alpha value is -1.03. The molecule has 0 saturated heterocycles. The summed E-state index contributed by atoms with van der Waals surface area (Å²) in [6.45, 7) is 0.423. The zero-order valence-corrected chi connectivity index (χ0v) is 7.60. The fraction of sp³-hybridized carbons (Fsp3) is 0.250. The van der Waals surface area contributed by atoms with E-state index in [0.717, 1.165) is 5.56 Å². The number of rotatable bonds is 5. The van der Waals surface area contributed by atoms with Gasteiger partial charge >= 0.3 is 16.1 Å². The molecular formula is C8H7B3O3. The predicted molar refractivity (Wildman–Crippen MR) is 54.6 cm³/mol. The average molecular weight is 184 g/mol. The molecule has 0 aromatic heterocycles. The second-order valence-corrected chi connectivity index (χ2v) is 2.64. The van der Waals surface area contributed by atoms with Crippen molar-refractivity contribution in [2.24, 2.45) is 0 Å². The van der Waals surface area contributed by atoms with E-state index in [4.69, 9.17) is 24.1 Å². The van der Waals surface area contributed by atoms with Crippen LogP contribution in [0, 0.1) is 0 Å². The van der Waals surface area contributed by atoms with Crippen molar-refractivity contribution in [1.29, 1.82) is 0 Å². The summed E-state index contributed by atoms with van der Waals surface area (Å²) < 4.78 is 13.6. The summed E-state index contributed by atoms with van der Waals surface area (Å²) >= 11 is 0. The molecule has 3 nitrogen and oxygen atoms in total. The molecular weight excluding hydrogens is 177 g/mol. The van der Waals surface area contributed by atoms with Gasteiger partial charge in [-0.3, -0.25) is 0 Å². The Kier molecular flexibility index (Phi) is 4.46. The lowest BCUT2D eigenvalue weighted by Gasteiger charge is -2.10. The summed E-state index contributed by atoms with van der Waals surface area (Å²) in [5.41, 5.74) is 0.969. The molecule has 0 N–H and O–H groups in total. The standard InChI is InChI=1S/C8H7B3O3/c9-12-4-3-6-1-2-7(13-10)8(5-6)14-11/h1-2,5H,3-4H2. The minimum atomic E-state index is 0.377. The van der Waals surface area contributed by atoms with Gasteiger partial charge < -0.3 is 14.0 Å². The van der Waals surface area contributed by atoms with Gasteiger partial charge in [0.1, 0.15) is 11.5 Å². The van der Waals surface area contributed by atoms with Crippen LogP contribution in [0.15, 0.2) is 18.2 Å². The van der Waals surface area contributed by atoms with Gasteiger partial charge in [0.05, 0.1) is 0 Å². The molecule has 6 heteroatoms. The summed E-state index contributed by atoms with van der Waals surface area (Å²) in [6, 6.07) is 5.19. The SMILES string of the molecule is [B]OCCc1ccc(O[B])c(O[B])c1. The van der Waals surface area contributed by atoms with E-state index in [1.54, 1.807) is 12.1 Å². The molecule has 0 unspecified atom stereocenters. The second-order valence-electron chi connectivity index (χ2n) is 2.64. The Labute approximate surface area is 87.1 Å². The van der Waals surface area contributed by atoms with E-state index in [2.05, 4.69) is 14.0 Å². The molecule has 1 aromatic rings. The Morgan fingerprint density at radius 2 is 1.71 bits per heavy atom. The quantitative estimate of drug-likeness (QED) is 0.613. The van der Waals surface area contributed by atoms with E-state index in [1.807, 2.05) is 6.07 Å². The Bertz CT molecular complexity index is 293. The van der Waals surface area contributed by atoms with Gasteiger partial charge in [0, 0.05) is 6.61 Å². The molecule has 0 heterocycles. The lowest BCUT2D eigenvalue weighted by atomic mass is 10.1. The summed E-state index contributed by atoms with van der Waals surface area (Å²) in [6.07, 6.45) is 0.664. The highest BCUT2D eigenvalue weighted by molar-refractivity contribution is 6.02. The predicted octanol–water partition coefficient (Wildman–Crippen LogP) is 0.254. The van der Waals surface area contributed by atoms with Crippen LogP contribution in [0.5, 0.6) is 11.5 Å². The van der Waals surface area contributed by atoms with Crippen LogP contribution in [0.3, 0.4) is 0 Å². The highest BCUT2D eigenvalue weighted by atomic mass is 16.5. The molecule has 0 aliphatic heterocycles. The fourth-order valence-corrected chi connectivity index (χ4v) is 1.07. The first-order valence-electron chi connectivity index (χ1n) is 4.00. The Balaban J connectivity index is 2.79. The number of benzene rings is 1. The molecule has 0 atom stereocenters. The first kappa shape index (κ1) is 11.1. The maximum Gasteiger partial charge on any atom is 0.374 e. The molecule has 0 aliphatic rings. The van der Waals surface area contributed by atoms with Crippen molar-refractivity contribution in [3.05, 3.63) is 23.8 Å². The molecule has 0 spiro atoms. The molecule has 0 fully saturated rings. The van der Waals surface area contributed by atoms with Crippen molar-refractivity contribution in [2.75, 3.05) is 6.61 Å². The lowest BCUT2D eigenvalue weighted by Crippen LogP contribution is -1.98.